The number of ether oxygens (including phenoxy) is 2. The smallest absolute Gasteiger partial charge is 0.125 e. The molecular weight excluding hydrogens is 264 g/mol. The van der Waals surface area contributed by atoms with Crippen molar-refractivity contribution in [3.63, 3.8) is 0 Å². The number of benzene rings is 1. The molecule has 0 unspecified atom stereocenters. The lowest BCUT2D eigenvalue weighted by atomic mass is 10.0. The Morgan fingerprint density at radius 2 is 1.95 bits per heavy atom. The summed E-state index contributed by atoms with van der Waals surface area (Å²) in [6.07, 6.45) is 2.58. The summed E-state index contributed by atoms with van der Waals surface area (Å²) in [6, 6.07) is 6.78. The number of rotatable bonds is 6. The van der Waals surface area contributed by atoms with E-state index in [1.807, 2.05) is 13.2 Å². The Hall–Kier alpha value is -1.26. The van der Waals surface area contributed by atoms with Crippen LogP contribution in [0, 0.1) is 0 Å². The molecule has 0 aliphatic carbocycles. The van der Waals surface area contributed by atoms with Crippen LogP contribution in [0.4, 0.5) is 5.69 Å². The maximum atomic E-state index is 5.56. The highest BCUT2D eigenvalue weighted by Gasteiger charge is 2.22. The number of anilines is 1. The summed E-state index contributed by atoms with van der Waals surface area (Å²) in [5.41, 5.74) is 2.54. The molecule has 1 aliphatic heterocycles. The summed E-state index contributed by atoms with van der Waals surface area (Å²) in [4.78, 5) is 2.45. The van der Waals surface area contributed by atoms with E-state index in [-0.39, 0.29) is 0 Å². The van der Waals surface area contributed by atoms with Gasteiger partial charge in [0.15, 0.2) is 0 Å². The lowest BCUT2D eigenvalue weighted by Gasteiger charge is -2.34. The molecule has 0 bridgehead atoms. The zero-order valence-electron chi connectivity index (χ0n) is 13.7. The standard InChI is InChI=1S/C17H28N2O2/c1-13(2)18-12-15-16(6-5-7-17(15)21-4)19-10-8-14(20-3)9-11-19/h5-7,13-14,18H,8-12H2,1-4H3. The Kier molecular flexibility index (Phi) is 5.88. The summed E-state index contributed by atoms with van der Waals surface area (Å²) in [5.74, 6) is 0.967. The van der Waals surface area contributed by atoms with E-state index in [4.69, 9.17) is 9.47 Å². The summed E-state index contributed by atoms with van der Waals surface area (Å²) in [5, 5.41) is 3.50. The minimum absolute atomic E-state index is 0.407. The number of hydrogen-bond donors (Lipinski definition) is 1. The maximum Gasteiger partial charge on any atom is 0.125 e. The SMILES string of the molecule is COc1cccc(N2CCC(OC)CC2)c1CNC(C)C. The maximum absolute atomic E-state index is 5.56. The normalized spacial score (nSPS) is 16.5. The zero-order chi connectivity index (χ0) is 15.2. The number of piperidine rings is 1. The Morgan fingerprint density at radius 1 is 1.24 bits per heavy atom. The van der Waals surface area contributed by atoms with Crippen molar-refractivity contribution in [3.8, 4) is 5.75 Å². The van der Waals surface area contributed by atoms with Crippen LogP contribution in [0.2, 0.25) is 0 Å². The van der Waals surface area contributed by atoms with Crippen molar-refractivity contribution in [1.29, 1.82) is 0 Å². The van der Waals surface area contributed by atoms with Crippen molar-refractivity contribution in [3.05, 3.63) is 23.8 Å². The Balaban J connectivity index is 2.17. The summed E-state index contributed by atoms with van der Waals surface area (Å²) >= 11 is 0. The first-order chi connectivity index (χ1) is 10.2. The molecule has 1 aromatic carbocycles. The predicted octanol–water partition coefficient (Wildman–Crippen LogP) is 2.81. The van der Waals surface area contributed by atoms with Crippen molar-refractivity contribution >= 4 is 5.69 Å². The minimum Gasteiger partial charge on any atom is -0.496 e. The first-order valence-electron chi connectivity index (χ1n) is 7.82. The molecule has 0 radical (unpaired) electrons. The molecule has 0 atom stereocenters. The van der Waals surface area contributed by atoms with Gasteiger partial charge in [-0.3, -0.25) is 0 Å². The predicted molar refractivity (Wildman–Crippen MR) is 87.2 cm³/mol. The van der Waals surface area contributed by atoms with Gasteiger partial charge in [-0.15, -0.1) is 0 Å². The second kappa shape index (κ2) is 7.66. The van der Waals surface area contributed by atoms with Crippen LogP contribution in [0.25, 0.3) is 0 Å². The van der Waals surface area contributed by atoms with Gasteiger partial charge in [0.1, 0.15) is 5.75 Å². The molecule has 1 N–H and O–H groups in total. The highest BCUT2D eigenvalue weighted by Crippen LogP contribution is 2.31. The molecule has 1 aliphatic rings. The third kappa shape index (κ3) is 4.11. The van der Waals surface area contributed by atoms with Gasteiger partial charge in [0.25, 0.3) is 0 Å². The average molecular weight is 292 g/mol. The van der Waals surface area contributed by atoms with Crippen LogP contribution in [-0.4, -0.2) is 39.5 Å². The van der Waals surface area contributed by atoms with Crippen molar-refractivity contribution < 1.29 is 9.47 Å². The number of nitrogens with zero attached hydrogens (tertiary/aromatic N) is 1. The van der Waals surface area contributed by atoms with Crippen molar-refractivity contribution in [2.24, 2.45) is 0 Å². The fraction of sp³-hybridized carbons (Fsp3) is 0.647. The lowest BCUT2D eigenvalue weighted by Crippen LogP contribution is -2.37. The third-order valence-corrected chi connectivity index (χ3v) is 4.13. The molecule has 0 spiro atoms. The van der Waals surface area contributed by atoms with Crippen LogP contribution in [0.3, 0.4) is 0 Å². The van der Waals surface area contributed by atoms with Gasteiger partial charge in [0.2, 0.25) is 0 Å². The topological polar surface area (TPSA) is 33.7 Å². The van der Waals surface area contributed by atoms with Crippen molar-refractivity contribution in [2.75, 3.05) is 32.2 Å². The van der Waals surface area contributed by atoms with Crippen LogP contribution in [0.15, 0.2) is 18.2 Å². The number of methoxy groups -OCH3 is 2. The van der Waals surface area contributed by atoms with Crippen LogP contribution >= 0.6 is 0 Å². The fourth-order valence-corrected chi connectivity index (χ4v) is 2.86. The van der Waals surface area contributed by atoms with Gasteiger partial charge in [-0.2, -0.15) is 0 Å². The van der Waals surface area contributed by atoms with Crippen LogP contribution in [0.5, 0.6) is 5.75 Å². The van der Waals surface area contributed by atoms with Gasteiger partial charge < -0.3 is 19.7 Å². The van der Waals surface area contributed by atoms with E-state index in [1.165, 1.54) is 11.3 Å². The molecule has 4 heteroatoms. The van der Waals surface area contributed by atoms with Crippen LogP contribution < -0.4 is 15.0 Å². The molecule has 1 saturated heterocycles. The Morgan fingerprint density at radius 3 is 2.52 bits per heavy atom. The summed E-state index contributed by atoms with van der Waals surface area (Å²) in [6.45, 7) is 7.25. The third-order valence-electron chi connectivity index (χ3n) is 4.13. The molecule has 0 amide bonds. The fourth-order valence-electron chi connectivity index (χ4n) is 2.86. The van der Waals surface area contributed by atoms with Crippen LogP contribution in [0.1, 0.15) is 32.3 Å². The van der Waals surface area contributed by atoms with Gasteiger partial charge in [-0.25, -0.2) is 0 Å². The first kappa shape index (κ1) is 16.1. The highest BCUT2D eigenvalue weighted by atomic mass is 16.5. The average Bonchev–Trinajstić information content (AvgIpc) is 2.52. The minimum atomic E-state index is 0.407. The van der Waals surface area contributed by atoms with Crippen molar-refractivity contribution in [1.82, 2.24) is 5.32 Å². The molecule has 4 nitrogen and oxygen atoms in total. The van der Waals surface area contributed by atoms with E-state index in [0.717, 1.165) is 38.2 Å². The van der Waals surface area contributed by atoms with Crippen LogP contribution in [-0.2, 0) is 11.3 Å². The summed E-state index contributed by atoms with van der Waals surface area (Å²) < 4.78 is 11.0. The van der Waals surface area contributed by atoms with Crippen molar-refractivity contribution in [2.45, 2.75) is 45.4 Å². The van der Waals surface area contributed by atoms with Gasteiger partial charge in [-0.05, 0) is 25.0 Å². The van der Waals surface area contributed by atoms with Gasteiger partial charge in [0.05, 0.1) is 13.2 Å². The lowest BCUT2D eigenvalue weighted by molar-refractivity contribution is 0.0819. The van der Waals surface area contributed by atoms with Gasteiger partial charge >= 0.3 is 0 Å². The van der Waals surface area contributed by atoms with E-state index >= 15 is 0 Å². The quantitative estimate of drug-likeness (QED) is 0.874. The highest BCUT2D eigenvalue weighted by molar-refractivity contribution is 5.59. The molecule has 1 aromatic rings. The Labute approximate surface area is 128 Å². The summed E-state index contributed by atoms with van der Waals surface area (Å²) in [7, 11) is 3.55. The second-order valence-electron chi connectivity index (χ2n) is 5.92. The Bertz CT molecular complexity index is 440. The van der Waals surface area contributed by atoms with E-state index in [2.05, 4.69) is 36.2 Å². The molecule has 0 saturated carbocycles. The van der Waals surface area contributed by atoms with E-state index in [0.29, 0.717) is 12.1 Å². The largest absolute Gasteiger partial charge is 0.496 e. The molecule has 118 valence electrons. The first-order valence-corrected chi connectivity index (χ1v) is 7.82. The number of nitrogens with one attached hydrogen (secondary N) is 1. The molecule has 0 aromatic heterocycles. The van der Waals surface area contributed by atoms with E-state index < -0.39 is 0 Å². The molecular formula is C17H28N2O2. The second-order valence-corrected chi connectivity index (χ2v) is 5.92. The van der Waals surface area contributed by atoms with E-state index in [9.17, 15) is 0 Å². The van der Waals surface area contributed by atoms with Gasteiger partial charge in [-0.1, -0.05) is 19.9 Å². The zero-order valence-corrected chi connectivity index (χ0v) is 13.7. The molecule has 1 heterocycles. The monoisotopic (exact) mass is 292 g/mol. The molecule has 2 rings (SSSR count). The molecule has 21 heavy (non-hydrogen) atoms. The van der Waals surface area contributed by atoms with E-state index in [1.54, 1.807) is 7.11 Å². The molecule has 1 fully saturated rings. The number of hydrogen-bond acceptors (Lipinski definition) is 4. The van der Waals surface area contributed by atoms with Gasteiger partial charge in [0, 0.05) is 44.0 Å².